The second-order valence-corrected chi connectivity index (χ2v) is 10.7. The Bertz CT molecular complexity index is 1650. The van der Waals surface area contributed by atoms with E-state index in [0.717, 1.165) is 6.26 Å². The Kier molecular flexibility index (Phi) is 6.38. The zero-order valence-corrected chi connectivity index (χ0v) is 20.6. The Morgan fingerprint density at radius 1 is 1.03 bits per heavy atom. The maximum absolute atomic E-state index is 15.3. The Labute approximate surface area is 211 Å². The van der Waals surface area contributed by atoms with Gasteiger partial charge in [0.15, 0.2) is 21.8 Å². The van der Waals surface area contributed by atoms with E-state index in [4.69, 9.17) is 4.74 Å². The number of anilines is 1. The van der Waals surface area contributed by atoms with E-state index in [-0.39, 0.29) is 16.5 Å². The summed E-state index contributed by atoms with van der Waals surface area (Å²) in [4.78, 5) is 28.6. The molecule has 1 atom stereocenters. The number of rotatable bonds is 6. The van der Waals surface area contributed by atoms with Crippen molar-refractivity contribution >= 4 is 21.4 Å². The molecule has 2 heterocycles. The molecule has 1 fully saturated rings. The first-order chi connectivity index (χ1) is 17.7. The number of amides is 1. The molecule has 4 aromatic rings. The summed E-state index contributed by atoms with van der Waals surface area (Å²) in [5.41, 5.74) is 1.05. The number of H-pyrrole nitrogens is 2. The number of aromatic amines is 2. The van der Waals surface area contributed by atoms with E-state index >= 15 is 4.39 Å². The molecule has 0 radical (unpaired) electrons. The molecule has 1 aliphatic rings. The summed E-state index contributed by atoms with van der Waals surface area (Å²) in [6, 6.07) is 17.5. The molecule has 11 heteroatoms. The number of nitrogens with zero attached hydrogens (tertiary/aromatic N) is 2. The number of sulfone groups is 1. The number of aromatic nitrogens is 3. The molecule has 37 heavy (non-hydrogen) atoms. The molecule has 9 nitrogen and oxygen atoms in total. The molecule has 3 aromatic carbocycles. The molecule has 1 unspecified atom stereocenters. The minimum Gasteiger partial charge on any atom is -0.481 e. The summed E-state index contributed by atoms with van der Waals surface area (Å²) in [5, 5.41) is 6.20. The van der Waals surface area contributed by atoms with Crippen molar-refractivity contribution in [3.8, 4) is 28.3 Å². The molecule has 5 rings (SSSR count). The maximum atomic E-state index is 15.3. The Morgan fingerprint density at radius 2 is 1.84 bits per heavy atom. The Morgan fingerprint density at radius 3 is 2.57 bits per heavy atom. The first kappa shape index (κ1) is 24.4. The average molecular weight is 523 g/mol. The molecule has 2 N–H and O–H groups in total. The van der Waals surface area contributed by atoms with Crippen LogP contribution in [-0.4, -0.2) is 48.4 Å². The SMILES string of the molecule is CS(=O)(=O)c1ccccc1-c1ccc(N2CCCC(Oc3cccc(-c4n[nH]c(=O)[nH]4)c3)C2=O)c(F)c1. The number of benzene rings is 3. The summed E-state index contributed by atoms with van der Waals surface area (Å²) < 4.78 is 45.6. The van der Waals surface area contributed by atoms with E-state index in [1.165, 1.54) is 23.1 Å². The van der Waals surface area contributed by atoms with Gasteiger partial charge in [-0.3, -0.25) is 9.78 Å². The second kappa shape index (κ2) is 9.66. The van der Waals surface area contributed by atoms with Crippen molar-refractivity contribution in [1.82, 2.24) is 15.2 Å². The first-order valence-corrected chi connectivity index (χ1v) is 13.4. The van der Waals surface area contributed by atoms with Gasteiger partial charge in [-0.05, 0) is 48.7 Å². The van der Waals surface area contributed by atoms with Crippen LogP contribution in [0, 0.1) is 5.82 Å². The predicted molar refractivity (Wildman–Crippen MR) is 136 cm³/mol. The van der Waals surface area contributed by atoms with Crippen LogP contribution in [0.25, 0.3) is 22.5 Å². The number of carbonyl (C=O) groups excluding carboxylic acids is 1. The van der Waals surface area contributed by atoms with Gasteiger partial charge in [-0.25, -0.2) is 22.7 Å². The van der Waals surface area contributed by atoms with E-state index in [9.17, 15) is 18.0 Å². The largest absolute Gasteiger partial charge is 0.481 e. The van der Waals surface area contributed by atoms with Crippen molar-refractivity contribution < 1.29 is 22.3 Å². The van der Waals surface area contributed by atoms with Crippen LogP contribution in [0.4, 0.5) is 10.1 Å². The van der Waals surface area contributed by atoms with Gasteiger partial charge in [0.2, 0.25) is 0 Å². The highest BCUT2D eigenvalue weighted by molar-refractivity contribution is 7.90. The average Bonchev–Trinajstić information content (AvgIpc) is 3.31. The monoisotopic (exact) mass is 522 g/mol. The minimum absolute atomic E-state index is 0.0988. The molecule has 190 valence electrons. The number of hydrogen-bond donors (Lipinski definition) is 2. The molecule has 0 spiro atoms. The summed E-state index contributed by atoms with van der Waals surface area (Å²) in [6.45, 7) is 0.323. The molecule has 0 saturated carbocycles. The highest BCUT2D eigenvalue weighted by Gasteiger charge is 2.33. The summed E-state index contributed by atoms with van der Waals surface area (Å²) in [6.07, 6.45) is 1.33. The summed E-state index contributed by atoms with van der Waals surface area (Å²) >= 11 is 0. The lowest BCUT2D eigenvalue weighted by atomic mass is 10.0. The van der Waals surface area contributed by atoms with Crippen molar-refractivity contribution in [3.63, 3.8) is 0 Å². The third kappa shape index (κ3) is 5.03. The fraction of sp³-hybridized carbons (Fsp3) is 0.192. The van der Waals surface area contributed by atoms with E-state index in [1.807, 2.05) is 0 Å². The molecule has 0 aliphatic carbocycles. The van der Waals surface area contributed by atoms with Gasteiger partial charge in [0.25, 0.3) is 5.91 Å². The topological polar surface area (TPSA) is 125 Å². The zero-order chi connectivity index (χ0) is 26.2. The number of nitrogens with one attached hydrogen (secondary N) is 2. The van der Waals surface area contributed by atoms with E-state index in [2.05, 4.69) is 15.2 Å². The molecule has 1 amide bonds. The molecular formula is C26H23FN4O5S. The van der Waals surface area contributed by atoms with Crippen LogP contribution in [0.2, 0.25) is 0 Å². The van der Waals surface area contributed by atoms with Gasteiger partial charge >= 0.3 is 5.69 Å². The van der Waals surface area contributed by atoms with Crippen molar-refractivity contribution in [2.45, 2.75) is 23.8 Å². The van der Waals surface area contributed by atoms with Crippen LogP contribution >= 0.6 is 0 Å². The van der Waals surface area contributed by atoms with Crippen LogP contribution in [0.15, 0.2) is 76.4 Å². The predicted octanol–water partition coefficient (Wildman–Crippen LogP) is 3.55. The summed E-state index contributed by atoms with van der Waals surface area (Å²) in [7, 11) is -3.52. The minimum atomic E-state index is -3.52. The van der Waals surface area contributed by atoms with E-state index in [1.54, 1.807) is 48.5 Å². The number of hydrogen-bond acceptors (Lipinski definition) is 6. The number of piperidine rings is 1. The van der Waals surface area contributed by atoms with Crippen molar-refractivity contribution in [2.24, 2.45) is 0 Å². The number of ether oxygens (including phenoxy) is 1. The quantitative estimate of drug-likeness (QED) is 0.399. The van der Waals surface area contributed by atoms with E-state index in [0.29, 0.717) is 47.7 Å². The van der Waals surface area contributed by atoms with Crippen molar-refractivity contribution in [1.29, 1.82) is 0 Å². The van der Waals surface area contributed by atoms with Crippen LogP contribution in [0.5, 0.6) is 5.75 Å². The lowest BCUT2D eigenvalue weighted by molar-refractivity contribution is -0.127. The summed E-state index contributed by atoms with van der Waals surface area (Å²) in [5.74, 6) is -0.270. The molecular weight excluding hydrogens is 499 g/mol. The third-order valence-corrected chi connectivity index (χ3v) is 7.27. The van der Waals surface area contributed by atoms with Crippen LogP contribution < -0.4 is 15.3 Å². The van der Waals surface area contributed by atoms with Gasteiger partial charge in [0.05, 0.1) is 10.6 Å². The lowest BCUT2D eigenvalue weighted by Crippen LogP contribution is -2.47. The molecule has 1 saturated heterocycles. The maximum Gasteiger partial charge on any atom is 0.340 e. The fourth-order valence-corrected chi connectivity index (χ4v) is 5.31. The van der Waals surface area contributed by atoms with Gasteiger partial charge in [-0.1, -0.05) is 36.4 Å². The molecule has 0 bridgehead atoms. The highest BCUT2D eigenvalue weighted by Crippen LogP contribution is 2.33. The molecule has 1 aromatic heterocycles. The second-order valence-electron chi connectivity index (χ2n) is 8.73. The standard InChI is InChI=1S/C26H23FN4O5S/c1-37(34,35)23-10-3-2-8-19(23)16-11-12-21(20(27)15-16)31-13-5-9-22(25(31)32)36-18-7-4-6-17(14-18)24-28-26(33)30-29-24/h2-4,6-8,10-12,14-15,22H,5,9,13H2,1H3,(H2,28,29,30,33). The van der Waals surface area contributed by atoms with Gasteiger partial charge in [-0.15, -0.1) is 0 Å². The van der Waals surface area contributed by atoms with Gasteiger partial charge < -0.3 is 9.64 Å². The van der Waals surface area contributed by atoms with Gasteiger partial charge in [0.1, 0.15) is 11.6 Å². The smallest absolute Gasteiger partial charge is 0.340 e. The van der Waals surface area contributed by atoms with Crippen LogP contribution in [0.1, 0.15) is 12.8 Å². The van der Waals surface area contributed by atoms with Gasteiger partial charge in [-0.2, -0.15) is 5.10 Å². The number of carbonyl (C=O) groups is 1. The van der Waals surface area contributed by atoms with Crippen LogP contribution in [-0.2, 0) is 14.6 Å². The molecule has 1 aliphatic heterocycles. The van der Waals surface area contributed by atoms with Crippen molar-refractivity contribution in [2.75, 3.05) is 17.7 Å². The van der Waals surface area contributed by atoms with Crippen LogP contribution in [0.3, 0.4) is 0 Å². The van der Waals surface area contributed by atoms with Gasteiger partial charge in [0, 0.05) is 23.9 Å². The van der Waals surface area contributed by atoms with E-state index < -0.39 is 27.4 Å². The fourth-order valence-electron chi connectivity index (χ4n) is 4.40. The Balaban J connectivity index is 1.38. The normalized spacial score (nSPS) is 16.1. The Hall–Kier alpha value is -4.25. The number of halogens is 1. The highest BCUT2D eigenvalue weighted by atomic mass is 32.2. The third-order valence-electron chi connectivity index (χ3n) is 6.11. The first-order valence-electron chi connectivity index (χ1n) is 11.5. The lowest BCUT2D eigenvalue weighted by Gasteiger charge is -2.32. The van der Waals surface area contributed by atoms with Crippen molar-refractivity contribution in [3.05, 3.63) is 83.0 Å². The zero-order valence-electron chi connectivity index (χ0n) is 19.8.